The molecule has 1 atom stereocenters. The Morgan fingerprint density at radius 3 is 2.62 bits per heavy atom. The van der Waals surface area contributed by atoms with E-state index in [4.69, 9.17) is 4.74 Å². The third-order valence-electron chi connectivity index (χ3n) is 2.04. The Labute approximate surface area is 95.2 Å². The second kappa shape index (κ2) is 5.51. The number of nitrogens with one attached hydrogen (secondary N) is 1. The van der Waals surface area contributed by atoms with Crippen LogP contribution in [0.2, 0.25) is 0 Å². The lowest BCUT2D eigenvalue weighted by atomic mass is 10.2. The molecule has 0 heterocycles. The molecule has 0 aromatic heterocycles. The summed E-state index contributed by atoms with van der Waals surface area (Å²) in [5.74, 6) is -0.782. The zero-order valence-corrected chi connectivity index (χ0v) is 9.56. The SMILES string of the molecule is CC(=O)NCCC(C)(O)Oc1ccccc1. The first-order valence-corrected chi connectivity index (χ1v) is 5.20. The zero-order chi connectivity index (χ0) is 12.0. The highest BCUT2D eigenvalue weighted by molar-refractivity contribution is 5.72. The number of para-hydroxylation sites is 1. The van der Waals surface area contributed by atoms with E-state index in [0.29, 0.717) is 18.7 Å². The van der Waals surface area contributed by atoms with Gasteiger partial charge in [-0.05, 0) is 12.1 Å². The van der Waals surface area contributed by atoms with Crippen molar-refractivity contribution in [3.05, 3.63) is 30.3 Å². The molecule has 0 bridgehead atoms. The zero-order valence-electron chi connectivity index (χ0n) is 9.56. The van der Waals surface area contributed by atoms with E-state index >= 15 is 0 Å². The molecule has 0 aliphatic rings. The van der Waals surface area contributed by atoms with Crippen molar-refractivity contribution in [1.82, 2.24) is 5.32 Å². The normalized spacial score (nSPS) is 13.9. The van der Waals surface area contributed by atoms with E-state index in [1.165, 1.54) is 6.92 Å². The van der Waals surface area contributed by atoms with E-state index in [1.54, 1.807) is 19.1 Å². The van der Waals surface area contributed by atoms with Crippen molar-refractivity contribution >= 4 is 5.91 Å². The maximum Gasteiger partial charge on any atom is 0.216 e. The van der Waals surface area contributed by atoms with Gasteiger partial charge in [-0.15, -0.1) is 0 Å². The number of aliphatic hydroxyl groups is 1. The molecule has 0 radical (unpaired) electrons. The fraction of sp³-hybridized carbons (Fsp3) is 0.417. The predicted molar refractivity (Wildman–Crippen MR) is 61.0 cm³/mol. The monoisotopic (exact) mass is 223 g/mol. The minimum Gasteiger partial charge on any atom is -0.463 e. The van der Waals surface area contributed by atoms with E-state index in [-0.39, 0.29) is 5.91 Å². The number of amides is 1. The lowest BCUT2D eigenvalue weighted by Crippen LogP contribution is -2.36. The van der Waals surface area contributed by atoms with Crippen LogP contribution < -0.4 is 10.1 Å². The maximum atomic E-state index is 10.7. The molecular weight excluding hydrogens is 206 g/mol. The number of ether oxygens (including phenoxy) is 1. The minimum absolute atomic E-state index is 0.115. The lowest BCUT2D eigenvalue weighted by molar-refractivity contribution is -0.128. The van der Waals surface area contributed by atoms with E-state index in [1.807, 2.05) is 18.2 Å². The fourth-order valence-electron chi connectivity index (χ4n) is 1.26. The van der Waals surface area contributed by atoms with E-state index in [2.05, 4.69) is 5.32 Å². The number of benzene rings is 1. The molecule has 88 valence electrons. The molecule has 0 aliphatic carbocycles. The molecule has 16 heavy (non-hydrogen) atoms. The number of carbonyl (C=O) groups excluding carboxylic acids is 1. The molecule has 2 N–H and O–H groups in total. The number of rotatable bonds is 5. The Morgan fingerprint density at radius 1 is 1.44 bits per heavy atom. The maximum absolute atomic E-state index is 10.7. The summed E-state index contributed by atoms with van der Waals surface area (Å²) < 4.78 is 5.39. The second-order valence-corrected chi connectivity index (χ2v) is 3.82. The molecule has 1 amide bonds. The van der Waals surface area contributed by atoms with Crippen LogP contribution in [0.25, 0.3) is 0 Å². The van der Waals surface area contributed by atoms with Gasteiger partial charge >= 0.3 is 0 Å². The van der Waals surface area contributed by atoms with Gasteiger partial charge in [0, 0.05) is 26.8 Å². The van der Waals surface area contributed by atoms with Crippen LogP contribution in [0.15, 0.2) is 30.3 Å². The summed E-state index contributed by atoms with van der Waals surface area (Å²) >= 11 is 0. The van der Waals surface area contributed by atoms with E-state index < -0.39 is 5.79 Å². The summed E-state index contributed by atoms with van der Waals surface area (Å²) in [6.07, 6.45) is 0.335. The van der Waals surface area contributed by atoms with Gasteiger partial charge in [0.1, 0.15) is 5.75 Å². The van der Waals surface area contributed by atoms with Gasteiger partial charge in [-0.1, -0.05) is 18.2 Å². The predicted octanol–water partition coefficient (Wildman–Crippen LogP) is 1.30. The van der Waals surface area contributed by atoms with Gasteiger partial charge < -0.3 is 15.2 Å². The third kappa shape index (κ3) is 4.79. The van der Waals surface area contributed by atoms with Crippen LogP contribution in [0.1, 0.15) is 20.3 Å². The minimum atomic E-state index is -1.27. The van der Waals surface area contributed by atoms with Gasteiger partial charge in [-0.2, -0.15) is 0 Å². The average molecular weight is 223 g/mol. The lowest BCUT2D eigenvalue weighted by Gasteiger charge is -2.24. The Kier molecular flexibility index (Phi) is 4.31. The van der Waals surface area contributed by atoms with Gasteiger partial charge in [0.15, 0.2) is 0 Å². The molecule has 4 nitrogen and oxygen atoms in total. The molecule has 1 rings (SSSR count). The quantitative estimate of drug-likeness (QED) is 0.740. The summed E-state index contributed by atoms with van der Waals surface area (Å²) in [4.78, 5) is 10.7. The first-order chi connectivity index (χ1) is 7.49. The Balaban J connectivity index is 2.42. The molecule has 0 aliphatic heterocycles. The highest BCUT2D eigenvalue weighted by Crippen LogP contribution is 2.17. The van der Waals surface area contributed by atoms with Crippen LogP contribution in [-0.2, 0) is 4.79 Å². The Bertz CT molecular complexity index is 335. The molecule has 1 aromatic rings. The summed E-state index contributed by atoms with van der Waals surface area (Å²) in [6, 6.07) is 9.08. The molecule has 0 fully saturated rings. The van der Waals surface area contributed by atoms with Crippen LogP contribution in [0, 0.1) is 0 Å². The highest BCUT2D eigenvalue weighted by Gasteiger charge is 2.21. The highest BCUT2D eigenvalue weighted by atomic mass is 16.6. The van der Waals surface area contributed by atoms with Crippen molar-refractivity contribution in [1.29, 1.82) is 0 Å². The standard InChI is InChI=1S/C12H17NO3/c1-10(14)13-9-8-12(2,15)16-11-6-4-3-5-7-11/h3-7,15H,8-9H2,1-2H3,(H,13,14). The molecule has 1 unspecified atom stereocenters. The largest absolute Gasteiger partial charge is 0.463 e. The van der Waals surface area contributed by atoms with Gasteiger partial charge in [0.2, 0.25) is 11.7 Å². The van der Waals surface area contributed by atoms with Crippen molar-refractivity contribution < 1.29 is 14.6 Å². The van der Waals surface area contributed by atoms with Crippen molar-refractivity contribution in [2.24, 2.45) is 0 Å². The molecular formula is C12H17NO3. The number of hydrogen-bond donors (Lipinski definition) is 2. The molecule has 0 saturated heterocycles. The van der Waals surface area contributed by atoms with Crippen molar-refractivity contribution in [2.75, 3.05) is 6.54 Å². The Morgan fingerprint density at radius 2 is 2.06 bits per heavy atom. The van der Waals surface area contributed by atoms with Crippen molar-refractivity contribution in [2.45, 2.75) is 26.1 Å². The molecule has 0 spiro atoms. The van der Waals surface area contributed by atoms with Gasteiger partial charge in [-0.3, -0.25) is 4.79 Å². The molecule has 0 saturated carbocycles. The van der Waals surface area contributed by atoms with Gasteiger partial charge in [0.05, 0.1) is 0 Å². The summed E-state index contributed by atoms with van der Waals surface area (Å²) in [5.41, 5.74) is 0. The van der Waals surface area contributed by atoms with Crippen LogP contribution in [0.5, 0.6) is 5.75 Å². The summed E-state index contributed by atoms with van der Waals surface area (Å²) in [5, 5.41) is 12.5. The topological polar surface area (TPSA) is 58.6 Å². The van der Waals surface area contributed by atoms with Crippen LogP contribution in [0.4, 0.5) is 0 Å². The van der Waals surface area contributed by atoms with E-state index in [0.717, 1.165) is 0 Å². The average Bonchev–Trinajstić information content (AvgIpc) is 2.17. The first kappa shape index (κ1) is 12.5. The van der Waals surface area contributed by atoms with Gasteiger partial charge in [-0.25, -0.2) is 0 Å². The fourth-order valence-corrected chi connectivity index (χ4v) is 1.26. The van der Waals surface area contributed by atoms with Crippen molar-refractivity contribution in [3.63, 3.8) is 0 Å². The first-order valence-electron chi connectivity index (χ1n) is 5.20. The third-order valence-corrected chi connectivity index (χ3v) is 2.04. The number of carbonyl (C=O) groups is 1. The van der Waals surface area contributed by atoms with Crippen molar-refractivity contribution in [3.8, 4) is 5.75 Å². The summed E-state index contributed by atoms with van der Waals surface area (Å²) in [7, 11) is 0. The van der Waals surface area contributed by atoms with E-state index in [9.17, 15) is 9.90 Å². The van der Waals surface area contributed by atoms with Crippen LogP contribution in [-0.4, -0.2) is 23.3 Å². The number of hydrogen-bond acceptors (Lipinski definition) is 3. The second-order valence-electron chi connectivity index (χ2n) is 3.82. The smallest absolute Gasteiger partial charge is 0.216 e. The van der Waals surface area contributed by atoms with Crippen LogP contribution in [0.3, 0.4) is 0 Å². The Hall–Kier alpha value is -1.55. The molecule has 4 heteroatoms. The van der Waals surface area contributed by atoms with Crippen LogP contribution >= 0.6 is 0 Å². The van der Waals surface area contributed by atoms with Gasteiger partial charge in [0.25, 0.3) is 0 Å². The summed E-state index contributed by atoms with van der Waals surface area (Å²) in [6.45, 7) is 3.39. The molecule has 1 aromatic carbocycles.